The van der Waals surface area contributed by atoms with Crippen LogP contribution in [0.1, 0.15) is 31.7 Å². The Bertz CT molecular complexity index is 1400. The lowest BCUT2D eigenvalue weighted by Crippen LogP contribution is -2.41. The highest BCUT2D eigenvalue weighted by atomic mass is 16.5. The normalized spacial score (nSPS) is 15.5. The van der Waals surface area contributed by atoms with Gasteiger partial charge in [0.25, 0.3) is 0 Å². The van der Waals surface area contributed by atoms with Crippen LogP contribution in [0, 0.1) is 0 Å². The highest BCUT2D eigenvalue weighted by molar-refractivity contribution is 5.98. The monoisotopic (exact) mass is 500 g/mol. The van der Waals surface area contributed by atoms with Gasteiger partial charge in [0.2, 0.25) is 5.91 Å². The van der Waals surface area contributed by atoms with Gasteiger partial charge in [-0.3, -0.25) is 9.59 Å². The summed E-state index contributed by atoms with van der Waals surface area (Å²) in [6, 6.07) is 17.1. The average Bonchev–Trinajstić information content (AvgIpc) is 3.33. The van der Waals surface area contributed by atoms with Crippen LogP contribution in [0.4, 0.5) is 5.82 Å². The minimum atomic E-state index is -0.392. The molecule has 1 aliphatic heterocycles. The summed E-state index contributed by atoms with van der Waals surface area (Å²) in [5.74, 6) is 1.34. The molecule has 37 heavy (non-hydrogen) atoms. The van der Waals surface area contributed by atoms with E-state index in [-0.39, 0.29) is 24.8 Å². The van der Waals surface area contributed by atoms with Crippen LogP contribution < -0.4 is 10.5 Å². The molecule has 0 aliphatic carbocycles. The fraction of sp³-hybridized carbons (Fsp3) is 0.296. The number of carbonyl (C=O) groups is 2. The van der Waals surface area contributed by atoms with E-state index in [0.717, 1.165) is 24.2 Å². The number of rotatable bonds is 7. The molecule has 10 nitrogen and oxygen atoms in total. The van der Waals surface area contributed by atoms with Crippen LogP contribution >= 0.6 is 0 Å². The summed E-state index contributed by atoms with van der Waals surface area (Å²) >= 11 is 0. The number of benzene rings is 2. The number of piperidine rings is 1. The van der Waals surface area contributed by atoms with Gasteiger partial charge in [0, 0.05) is 25.1 Å². The van der Waals surface area contributed by atoms with Crippen molar-refractivity contribution in [2.24, 2.45) is 0 Å². The van der Waals surface area contributed by atoms with E-state index >= 15 is 0 Å². The van der Waals surface area contributed by atoms with E-state index in [0.29, 0.717) is 41.4 Å². The molecule has 2 aromatic carbocycles. The maximum Gasteiger partial charge on any atom is 0.306 e. The van der Waals surface area contributed by atoms with Crippen LogP contribution in [0.15, 0.2) is 60.9 Å². The van der Waals surface area contributed by atoms with Crippen LogP contribution in [-0.2, 0) is 14.3 Å². The number of methoxy groups -OCH3 is 1. The van der Waals surface area contributed by atoms with E-state index in [1.165, 1.54) is 13.4 Å². The molecule has 1 saturated heterocycles. The van der Waals surface area contributed by atoms with Crippen molar-refractivity contribution in [1.82, 2.24) is 24.6 Å². The van der Waals surface area contributed by atoms with Crippen LogP contribution in [-0.4, -0.2) is 56.7 Å². The molecular formula is C27H28N6O4. The Labute approximate surface area is 214 Å². The second-order valence-corrected chi connectivity index (χ2v) is 8.90. The Balaban J connectivity index is 1.41. The Morgan fingerprint density at radius 1 is 1.03 bits per heavy atom. The topological polar surface area (TPSA) is 125 Å². The quantitative estimate of drug-likeness (QED) is 0.378. The molecule has 0 unspecified atom stereocenters. The molecule has 0 bridgehead atoms. The summed E-state index contributed by atoms with van der Waals surface area (Å²) in [5, 5.41) is 5.59. The number of nitrogens with two attached hydrogens (primary N) is 1. The van der Waals surface area contributed by atoms with E-state index in [4.69, 9.17) is 15.6 Å². The molecule has 3 heterocycles. The first-order chi connectivity index (χ1) is 18.0. The minimum absolute atomic E-state index is 0.0685. The van der Waals surface area contributed by atoms with E-state index in [1.807, 2.05) is 59.3 Å². The number of anilines is 1. The number of nitrogens with zero attached hydrogens (tertiary/aromatic N) is 5. The third kappa shape index (κ3) is 5.23. The van der Waals surface area contributed by atoms with Crippen LogP contribution in [0.25, 0.3) is 22.3 Å². The maximum atomic E-state index is 12.7. The number of para-hydroxylation sites is 1. The molecule has 1 fully saturated rings. The molecule has 1 atom stereocenters. The first-order valence-electron chi connectivity index (χ1n) is 12.2. The van der Waals surface area contributed by atoms with Crippen LogP contribution in [0.5, 0.6) is 11.5 Å². The number of esters is 1. The van der Waals surface area contributed by atoms with Crippen molar-refractivity contribution in [3.8, 4) is 22.8 Å². The summed E-state index contributed by atoms with van der Waals surface area (Å²) in [6.45, 7) is 1.12. The Kier molecular flexibility index (Phi) is 6.98. The van der Waals surface area contributed by atoms with E-state index in [2.05, 4.69) is 14.7 Å². The highest BCUT2D eigenvalue weighted by Crippen LogP contribution is 2.35. The van der Waals surface area contributed by atoms with Crippen molar-refractivity contribution < 1.29 is 19.1 Å². The van der Waals surface area contributed by atoms with Crippen molar-refractivity contribution in [1.29, 1.82) is 0 Å². The lowest BCUT2D eigenvalue weighted by atomic mass is 10.1. The van der Waals surface area contributed by atoms with Gasteiger partial charge in [-0.15, -0.1) is 0 Å². The maximum absolute atomic E-state index is 12.7. The van der Waals surface area contributed by atoms with Crippen LogP contribution in [0.3, 0.4) is 0 Å². The number of carbonyl (C=O) groups excluding carboxylic acids is 2. The Morgan fingerprint density at radius 2 is 1.78 bits per heavy atom. The van der Waals surface area contributed by atoms with Gasteiger partial charge in [-0.1, -0.05) is 18.2 Å². The van der Waals surface area contributed by atoms with Gasteiger partial charge in [-0.05, 0) is 49.2 Å². The van der Waals surface area contributed by atoms with E-state index < -0.39 is 5.97 Å². The zero-order valence-electron chi connectivity index (χ0n) is 20.5. The largest absolute Gasteiger partial charge is 0.469 e. The summed E-state index contributed by atoms with van der Waals surface area (Å²) in [4.78, 5) is 34.7. The third-order valence-corrected chi connectivity index (χ3v) is 6.49. The van der Waals surface area contributed by atoms with E-state index in [1.54, 1.807) is 4.90 Å². The van der Waals surface area contributed by atoms with Crippen LogP contribution in [0.2, 0.25) is 0 Å². The first kappa shape index (κ1) is 24.2. The van der Waals surface area contributed by atoms with Gasteiger partial charge >= 0.3 is 5.97 Å². The molecular weight excluding hydrogens is 472 g/mol. The minimum Gasteiger partial charge on any atom is -0.469 e. The van der Waals surface area contributed by atoms with Gasteiger partial charge in [0.15, 0.2) is 5.65 Å². The van der Waals surface area contributed by atoms with Crippen molar-refractivity contribution in [2.75, 3.05) is 25.9 Å². The molecule has 2 aromatic heterocycles. The lowest BCUT2D eigenvalue weighted by molar-refractivity contribution is -0.144. The Hall–Kier alpha value is -4.47. The molecule has 1 aliphatic rings. The van der Waals surface area contributed by atoms with Crippen molar-refractivity contribution in [2.45, 2.75) is 31.7 Å². The van der Waals surface area contributed by atoms with Gasteiger partial charge in [0.05, 0.1) is 25.0 Å². The number of fused-ring (bicyclic) bond motifs is 1. The van der Waals surface area contributed by atoms with Gasteiger partial charge in [-0.2, -0.15) is 5.10 Å². The molecule has 4 aromatic rings. The fourth-order valence-corrected chi connectivity index (χ4v) is 4.61. The molecule has 5 rings (SSSR count). The lowest BCUT2D eigenvalue weighted by Gasteiger charge is -2.33. The number of hydrogen-bond donors (Lipinski definition) is 1. The first-order valence-corrected chi connectivity index (χ1v) is 12.2. The van der Waals surface area contributed by atoms with Gasteiger partial charge in [0.1, 0.15) is 29.3 Å². The Morgan fingerprint density at radius 3 is 2.54 bits per heavy atom. The zero-order valence-corrected chi connectivity index (χ0v) is 20.5. The van der Waals surface area contributed by atoms with E-state index in [9.17, 15) is 9.59 Å². The zero-order chi connectivity index (χ0) is 25.8. The number of likely N-dealkylation sites (tertiary alicyclic amines) is 1. The van der Waals surface area contributed by atoms with Gasteiger partial charge < -0.3 is 20.1 Å². The SMILES string of the molecule is COC(=O)CCC(=O)N1CCC[C@@H](n2nc(-c3ccc(Oc4ccccc4)cc3)c3c(N)ncnc32)C1. The number of amides is 1. The van der Waals surface area contributed by atoms with Crippen molar-refractivity contribution >= 4 is 28.7 Å². The molecule has 2 N–H and O–H groups in total. The number of ether oxygens (including phenoxy) is 2. The standard InChI is InChI=1S/C27H28N6O4/c1-36-23(35)14-13-22(34)32-15-5-6-19(16-32)33-27-24(26(28)29-17-30-27)25(31-33)18-9-11-21(12-10-18)37-20-7-3-2-4-8-20/h2-4,7-12,17,19H,5-6,13-16H2,1H3,(H2,28,29,30)/t19-/m1/s1. The highest BCUT2D eigenvalue weighted by Gasteiger charge is 2.29. The van der Waals surface area contributed by atoms with Crippen molar-refractivity contribution in [3.63, 3.8) is 0 Å². The van der Waals surface area contributed by atoms with Gasteiger partial charge in [-0.25, -0.2) is 14.6 Å². The number of aromatic nitrogens is 4. The molecule has 10 heteroatoms. The molecule has 0 saturated carbocycles. The number of nitrogen functional groups attached to an aromatic ring is 1. The molecule has 1 amide bonds. The summed E-state index contributed by atoms with van der Waals surface area (Å²) < 4.78 is 12.4. The van der Waals surface area contributed by atoms with Crippen molar-refractivity contribution in [3.05, 3.63) is 60.9 Å². The average molecular weight is 501 g/mol. The fourth-order valence-electron chi connectivity index (χ4n) is 4.61. The molecule has 0 spiro atoms. The molecule has 190 valence electrons. The summed E-state index contributed by atoms with van der Waals surface area (Å²) in [7, 11) is 1.32. The summed E-state index contributed by atoms with van der Waals surface area (Å²) in [5.41, 5.74) is 8.44. The molecule has 0 radical (unpaired) electrons. The smallest absolute Gasteiger partial charge is 0.306 e. The second-order valence-electron chi connectivity index (χ2n) is 8.90. The predicted octanol–water partition coefficient (Wildman–Crippen LogP) is 3.98. The summed E-state index contributed by atoms with van der Waals surface area (Å²) in [6.07, 6.45) is 3.27. The third-order valence-electron chi connectivity index (χ3n) is 6.49. The number of hydrogen-bond acceptors (Lipinski definition) is 8. The second kappa shape index (κ2) is 10.7. The predicted molar refractivity (Wildman–Crippen MR) is 138 cm³/mol.